The topological polar surface area (TPSA) is 54.4 Å². The highest BCUT2D eigenvalue weighted by molar-refractivity contribution is 5.44. The zero-order valence-electron chi connectivity index (χ0n) is 17.7. The summed E-state index contributed by atoms with van der Waals surface area (Å²) in [6.07, 6.45) is 2.11. The third kappa shape index (κ3) is 6.37. The van der Waals surface area contributed by atoms with Gasteiger partial charge in [-0.05, 0) is 35.7 Å². The molecule has 4 rings (SSSR count). The van der Waals surface area contributed by atoms with Crippen LogP contribution in [0.4, 0.5) is 0 Å². The van der Waals surface area contributed by atoms with Crippen molar-refractivity contribution < 1.29 is 31.7 Å². The van der Waals surface area contributed by atoms with Crippen molar-refractivity contribution in [3.63, 3.8) is 0 Å². The van der Waals surface area contributed by atoms with Crippen molar-refractivity contribution in [2.24, 2.45) is 0 Å². The van der Waals surface area contributed by atoms with Crippen LogP contribution < -0.4 is 26.6 Å². The number of fused-ring (bicyclic) bond motifs is 1. The Labute approximate surface area is 190 Å². The fourth-order valence-electron chi connectivity index (χ4n) is 3.93. The molecule has 2 heterocycles. The van der Waals surface area contributed by atoms with Gasteiger partial charge in [0.15, 0.2) is 11.5 Å². The van der Waals surface area contributed by atoms with Crippen LogP contribution in [0.2, 0.25) is 0 Å². The van der Waals surface area contributed by atoms with Gasteiger partial charge in [0.25, 0.3) is 0 Å². The summed E-state index contributed by atoms with van der Waals surface area (Å²) >= 11 is 0. The maximum Gasteiger partial charge on any atom is 0.231 e. The minimum atomic E-state index is -0.512. The Balaban J connectivity index is 0.00000272. The molecule has 168 valence electrons. The first-order chi connectivity index (χ1) is 14.7. The number of rotatable bonds is 9. The van der Waals surface area contributed by atoms with Crippen molar-refractivity contribution in [1.82, 2.24) is 9.80 Å². The average molecular weight is 446 g/mol. The van der Waals surface area contributed by atoms with E-state index in [2.05, 4.69) is 28.5 Å². The number of para-hydroxylation sites is 1. The second kappa shape index (κ2) is 11.4. The fourth-order valence-corrected chi connectivity index (χ4v) is 3.93. The van der Waals surface area contributed by atoms with E-state index in [1.807, 2.05) is 36.4 Å². The van der Waals surface area contributed by atoms with Gasteiger partial charge in [-0.25, -0.2) is 0 Å². The molecule has 2 aliphatic heterocycles. The van der Waals surface area contributed by atoms with Crippen molar-refractivity contribution in [1.29, 1.82) is 0 Å². The smallest absolute Gasteiger partial charge is 0.231 e. The molecule has 1 saturated heterocycles. The van der Waals surface area contributed by atoms with Crippen LogP contribution in [0, 0.1) is 0 Å². The van der Waals surface area contributed by atoms with E-state index in [9.17, 15) is 5.11 Å². The maximum absolute atomic E-state index is 10.4. The molecule has 1 unspecified atom stereocenters. The number of benzene rings is 2. The molecule has 0 bridgehead atoms. The molecule has 0 aliphatic carbocycles. The van der Waals surface area contributed by atoms with Gasteiger partial charge >= 0.3 is 0 Å². The van der Waals surface area contributed by atoms with Crippen LogP contribution in [-0.4, -0.2) is 67.1 Å². The summed E-state index contributed by atoms with van der Waals surface area (Å²) < 4.78 is 16.7. The highest BCUT2D eigenvalue weighted by atomic mass is 35.5. The molecule has 2 aromatic rings. The average Bonchev–Trinajstić information content (AvgIpc) is 3.23. The molecular formula is C24H30ClN2O4-. The summed E-state index contributed by atoms with van der Waals surface area (Å²) in [5.41, 5.74) is 2.33. The van der Waals surface area contributed by atoms with Crippen LogP contribution in [0.25, 0.3) is 0 Å². The molecule has 0 radical (unpaired) electrons. The number of allylic oxidation sites excluding steroid dienone is 1. The summed E-state index contributed by atoms with van der Waals surface area (Å²) in [5, 5.41) is 10.4. The quantitative estimate of drug-likeness (QED) is 0.535. The van der Waals surface area contributed by atoms with Crippen LogP contribution in [-0.2, 0) is 13.0 Å². The third-order valence-corrected chi connectivity index (χ3v) is 5.55. The van der Waals surface area contributed by atoms with Crippen molar-refractivity contribution >= 4 is 0 Å². The van der Waals surface area contributed by atoms with Gasteiger partial charge in [-0.15, -0.1) is 6.58 Å². The fraction of sp³-hybridized carbons (Fsp3) is 0.417. The molecule has 0 saturated carbocycles. The van der Waals surface area contributed by atoms with Crippen LogP contribution in [0.5, 0.6) is 17.2 Å². The van der Waals surface area contributed by atoms with Gasteiger partial charge in [0, 0.05) is 39.3 Å². The van der Waals surface area contributed by atoms with Crippen molar-refractivity contribution in [3.05, 3.63) is 66.2 Å². The lowest BCUT2D eigenvalue weighted by atomic mass is 10.1. The number of piperazine rings is 1. The summed E-state index contributed by atoms with van der Waals surface area (Å²) in [4.78, 5) is 4.74. The van der Waals surface area contributed by atoms with Crippen LogP contribution in [0.3, 0.4) is 0 Å². The first-order valence-corrected chi connectivity index (χ1v) is 10.5. The Kier molecular flexibility index (Phi) is 8.60. The molecular weight excluding hydrogens is 416 g/mol. The van der Waals surface area contributed by atoms with E-state index in [1.165, 1.54) is 5.56 Å². The van der Waals surface area contributed by atoms with E-state index in [0.29, 0.717) is 19.9 Å². The lowest BCUT2D eigenvalue weighted by molar-refractivity contribution is -0.0000101. The zero-order valence-corrected chi connectivity index (χ0v) is 18.5. The zero-order chi connectivity index (χ0) is 20.8. The SMILES string of the molecule is C=CCc1ccccc1OCC(O)CN1CCN(Cc2ccc3c(c2)OCO3)CC1.[Cl-]. The van der Waals surface area contributed by atoms with Gasteiger partial charge in [-0.2, -0.15) is 0 Å². The van der Waals surface area contributed by atoms with Gasteiger partial charge in [0.2, 0.25) is 6.79 Å². The molecule has 0 aromatic heterocycles. The first-order valence-electron chi connectivity index (χ1n) is 10.5. The lowest BCUT2D eigenvalue weighted by Gasteiger charge is -2.35. The Morgan fingerprint density at radius 3 is 2.58 bits per heavy atom. The summed E-state index contributed by atoms with van der Waals surface area (Å²) in [6, 6.07) is 14.1. The molecule has 2 aromatic carbocycles. The molecule has 1 fully saturated rings. The molecule has 0 amide bonds. The molecule has 31 heavy (non-hydrogen) atoms. The third-order valence-electron chi connectivity index (χ3n) is 5.55. The molecule has 1 N–H and O–H groups in total. The highest BCUT2D eigenvalue weighted by Gasteiger charge is 2.21. The monoisotopic (exact) mass is 445 g/mol. The Morgan fingerprint density at radius 1 is 1.03 bits per heavy atom. The number of β-amino-alcohol motifs (C(OH)–C–C–N with tert-alkyl or cyclic N) is 1. The Hall–Kier alpha value is -2.25. The van der Waals surface area contributed by atoms with E-state index < -0.39 is 6.10 Å². The van der Waals surface area contributed by atoms with Gasteiger partial charge in [0.05, 0.1) is 0 Å². The van der Waals surface area contributed by atoms with Crippen LogP contribution >= 0.6 is 0 Å². The largest absolute Gasteiger partial charge is 1.00 e. The number of aliphatic hydroxyl groups is 1. The number of aliphatic hydroxyl groups excluding tert-OH is 1. The van der Waals surface area contributed by atoms with Crippen molar-refractivity contribution in [2.45, 2.75) is 19.1 Å². The Morgan fingerprint density at radius 2 is 1.77 bits per heavy atom. The number of nitrogens with zero attached hydrogens (tertiary/aromatic N) is 2. The highest BCUT2D eigenvalue weighted by Crippen LogP contribution is 2.32. The van der Waals surface area contributed by atoms with Crippen molar-refractivity contribution in [3.8, 4) is 17.2 Å². The van der Waals surface area contributed by atoms with E-state index in [1.54, 1.807) is 0 Å². The van der Waals surface area contributed by atoms with Gasteiger partial charge in [-0.3, -0.25) is 9.80 Å². The molecule has 7 heteroatoms. The Bertz CT molecular complexity index is 855. The van der Waals surface area contributed by atoms with E-state index in [4.69, 9.17) is 14.2 Å². The van der Waals surface area contributed by atoms with E-state index in [0.717, 1.165) is 62.0 Å². The summed E-state index contributed by atoms with van der Waals surface area (Å²) in [5.74, 6) is 2.49. The van der Waals surface area contributed by atoms with Crippen LogP contribution in [0.15, 0.2) is 55.1 Å². The standard InChI is InChI=1S/C24H30N2O4.ClH/c1-2-5-20-6-3-4-7-22(20)28-17-21(27)16-26-12-10-25(11-13-26)15-19-8-9-23-24(14-19)30-18-29-23;/h2-4,6-9,14,21,27H,1,5,10-13,15-18H2;1H/p-1. The van der Waals surface area contributed by atoms with E-state index in [-0.39, 0.29) is 12.4 Å². The van der Waals surface area contributed by atoms with Gasteiger partial charge < -0.3 is 31.7 Å². The molecule has 1 atom stereocenters. The minimum absolute atomic E-state index is 0. The second-order valence-corrected chi connectivity index (χ2v) is 7.83. The number of ether oxygens (including phenoxy) is 3. The van der Waals surface area contributed by atoms with Crippen LogP contribution in [0.1, 0.15) is 11.1 Å². The lowest BCUT2D eigenvalue weighted by Crippen LogP contribution is -3.00. The predicted octanol–water partition coefficient (Wildman–Crippen LogP) is -0.295. The second-order valence-electron chi connectivity index (χ2n) is 7.83. The summed E-state index contributed by atoms with van der Waals surface area (Å²) in [7, 11) is 0. The number of halogens is 1. The number of hydrogen-bond donors (Lipinski definition) is 1. The maximum atomic E-state index is 10.4. The molecule has 6 nitrogen and oxygen atoms in total. The van der Waals surface area contributed by atoms with Crippen molar-refractivity contribution in [2.75, 3.05) is 46.1 Å². The molecule has 0 spiro atoms. The summed E-state index contributed by atoms with van der Waals surface area (Å²) in [6.45, 7) is 9.75. The minimum Gasteiger partial charge on any atom is -1.00 e. The molecule has 2 aliphatic rings. The first kappa shape index (κ1) is 23.4. The predicted molar refractivity (Wildman–Crippen MR) is 116 cm³/mol. The number of hydrogen-bond acceptors (Lipinski definition) is 6. The van der Waals surface area contributed by atoms with E-state index >= 15 is 0 Å². The van der Waals surface area contributed by atoms with Gasteiger partial charge in [-0.1, -0.05) is 30.3 Å². The van der Waals surface area contributed by atoms with Gasteiger partial charge in [0.1, 0.15) is 18.5 Å². The normalized spacial score (nSPS) is 17.1.